The van der Waals surface area contributed by atoms with Crippen LogP contribution < -0.4 is 10.6 Å². The molecule has 0 radical (unpaired) electrons. The Kier molecular flexibility index (Phi) is 3.95. The Morgan fingerprint density at radius 3 is 2.35 bits per heavy atom. The van der Waals surface area contributed by atoms with Gasteiger partial charge in [0.25, 0.3) is 0 Å². The fourth-order valence-electron chi connectivity index (χ4n) is 1.51. The Labute approximate surface area is 115 Å². The predicted octanol–water partition coefficient (Wildman–Crippen LogP) is 1.67. The van der Waals surface area contributed by atoms with Crippen molar-refractivity contribution in [2.45, 2.75) is 6.92 Å². The minimum Gasteiger partial charge on any atom is -0.508 e. The third kappa shape index (κ3) is 3.32. The average molecular weight is 271 g/mol. The highest BCUT2D eigenvalue weighted by Gasteiger charge is 2.15. The molecule has 2 aromatic rings. The number of hydrogen-bond donors (Lipinski definition) is 3. The fraction of sp³-hybridized carbons (Fsp3) is 0.0714. The summed E-state index contributed by atoms with van der Waals surface area (Å²) in [6.07, 6.45) is 1.53. The number of nitrogens with one attached hydrogen (secondary N) is 2. The Bertz CT molecular complexity index is 638. The van der Waals surface area contributed by atoms with Gasteiger partial charge in [0.05, 0.1) is 0 Å². The summed E-state index contributed by atoms with van der Waals surface area (Å²) in [5.41, 5.74) is 1.18. The smallest absolute Gasteiger partial charge is 0.315 e. The number of aryl methyl sites for hydroxylation is 1. The summed E-state index contributed by atoms with van der Waals surface area (Å²) >= 11 is 0. The van der Waals surface area contributed by atoms with Gasteiger partial charge in [0.1, 0.15) is 11.6 Å². The molecule has 0 unspecified atom stereocenters. The molecule has 6 heteroatoms. The second kappa shape index (κ2) is 5.83. The van der Waals surface area contributed by atoms with E-state index in [4.69, 9.17) is 5.11 Å². The lowest BCUT2D eigenvalue weighted by molar-refractivity contribution is -0.133. The third-order valence-corrected chi connectivity index (χ3v) is 2.57. The Morgan fingerprint density at radius 1 is 1.05 bits per heavy atom. The zero-order chi connectivity index (χ0) is 14.5. The van der Waals surface area contributed by atoms with Crippen LogP contribution in [0.2, 0.25) is 0 Å². The monoisotopic (exact) mass is 271 g/mol. The van der Waals surface area contributed by atoms with E-state index in [0.717, 1.165) is 5.56 Å². The molecule has 0 fully saturated rings. The molecular weight excluding hydrogens is 258 g/mol. The van der Waals surface area contributed by atoms with Crippen molar-refractivity contribution in [1.29, 1.82) is 0 Å². The number of carbonyl (C=O) groups is 2. The van der Waals surface area contributed by atoms with Gasteiger partial charge in [-0.15, -0.1) is 0 Å². The van der Waals surface area contributed by atoms with Crippen molar-refractivity contribution in [3.63, 3.8) is 0 Å². The van der Waals surface area contributed by atoms with Crippen molar-refractivity contribution in [2.75, 3.05) is 10.6 Å². The summed E-state index contributed by atoms with van der Waals surface area (Å²) in [5, 5.41) is 14.0. The second-order valence-electron chi connectivity index (χ2n) is 4.12. The number of phenols is 1. The highest BCUT2D eigenvalue weighted by molar-refractivity contribution is 6.43. The zero-order valence-electron chi connectivity index (χ0n) is 10.8. The number of benzene rings is 1. The number of carbonyl (C=O) groups excluding carboxylic acids is 2. The SMILES string of the molecule is Cc1cccnc1NC(=O)C(=O)Nc1ccc(O)cc1. The van der Waals surface area contributed by atoms with Gasteiger partial charge in [-0.2, -0.15) is 0 Å². The molecule has 1 aromatic carbocycles. The summed E-state index contributed by atoms with van der Waals surface area (Å²) < 4.78 is 0. The van der Waals surface area contributed by atoms with Crippen LogP contribution >= 0.6 is 0 Å². The molecule has 1 heterocycles. The molecule has 1 aromatic heterocycles. The van der Waals surface area contributed by atoms with Gasteiger partial charge in [-0.3, -0.25) is 9.59 Å². The van der Waals surface area contributed by atoms with Gasteiger partial charge in [0.15, 0.2) is 0 Å². The molecule has 0 bridgehead atoms. The van der Waals surface area contributed by atoms with Crippen LogP contribution in [-0.4, -0.2) is 21.9 Å². The number of amides is 2. The molecule has 0 aliphatic carbocycles. The summed E-state index contributed by atoms with van der Waals surface area (Å²) in [7, 11) is 0. The van der Waals surface area contributed by atoms with Crippen molar-refractivity contribution < 1.29 is 14.7 Å². The van der Waals surface area contributed by atoms with Crippen LogP contribution in [0, 0.1) is 6.92 Å². The van der Waals surface area contributed by atoms with E-state index in [2.05, 4.69) is 15.6 Å². The van der Waals surface area contributed by atoms with Crippen molar-refractivity contribution in [2.24, 2.45) is 0 Å². The molecule has 0 aliphatic heterocycles. The summed E-state index contributed by atoms with van der Waals surface area (Å²) in [4.78, 5) is 27.4. The molecule has 0 spiro atoms. The van der Waals surface area contributed by atoms with Crippen molar-refractivity contribution >= 4 is 23.3 Å². The first-order valence-electron chi connectivity index (χ1n) is 5.89. The van der Waals surface area contributed by atoms with E-state index < -0.39 is 11.8 Å². The normalized spacial score (nSPS) is 9.85. The van der Waals surface area contributed by atoms with Gasteiger partial charge in [-0.1, -0.05) is 6.07 Å². The van der Waals surface area contributed by atoms with E-state index in [1.54, 1.807) is 19.1 Å². The standard InChI is InChI=1S/C14H13N3O3/c1-9-3-2-8-15-12(9)17-14(20)13(19)16-10-4-6-11(18)7-5-10/h2-8,18H,1H3,(H,16,19)(H,15,17,20). The lowest BCUT2D eigenvalue weighted by Gasteiger charge is -2.07. The highest BCUT2D eigenvalue weighted by atomic mass is 16.3. The lowest BCUT2D eigenvalue weighted by Crippen LogP contribution is -2.29. The number of aromatic nitrogens is 1. The molecule has 3 N–H and O–H groups in total. The van der Waals surface area contributed by atoms with Gasteiger partial charge in [0, 0.05) is 11.9 Å². The first kappa shape index (κ1) is 13.5. The van der Waals surface area contributed by atoms with Crippen LogP contribution in [0.15, 0.2) is 42.6 Å². The van der Waals surface area contributed by atoms with Crippen LogP contribution in [0.5, 0.6) is 5.75 Å². The molecule has 102 valence electrons. The maximum absolute atomic E-state index is 11.7. The Balaban J connectivity index is 2.01. The maximum atomic E-state index is 11.7. The van der Waals surface area contributed by atoms with Crippen molar-refractivity contribution in [3.8, 4) is 5.75 Å². The minimum absolute atomic E-state index is 0.0801. The van der Waals surface area contributed by atoms with E-state index in [9.17, 15) is 9.59 Å². The molecule has 0 saturated carbocycles. The Morgan fingerprint density at radius 2 is 1.70 bits per heavy atom. The molecule has 2 amide bonds. The number of anilines is 2. The largest absolute Gasteiger partial charge is 0.508 e. The van der Waals surface area contributed by atoms with Gasteiger partial charge in [0.2, 0.25) is 0 Å². The molecule has 20 heavy (non-hydrogen) atoms. The number of rotatable bonds is 2. The molecular formula is C14H13N3O3. The van der Waals surface area contributed by atoms with E-state index >= 15 is 0 Å². The van der Waals surface area contributed by atoms with E-state index in [0.29, 0.717) is 11.5 Å². The van der Waals surface area contributed by atoms with Gasteiger partial charge >= 0.3 is 11.8 Å². The van der Waals surface area contributed by atoms with Crippen LogP contribution in [0.3, 0.4) is 0 Å². The third-order valence-electron chi connectivity index (χ3n) is 2.57. The van der Waals surface area contributed by atoms with E-state index in [1.807, 2.05) is 0 Å². The number of nitrogens with zero attached hydrogens (tertiary/aromatic N) is 1. The first-order chi connectivity index (χ1) is 9.56. The van der Waals surface area contributed by atoms with Crippen LogP contribution in [-0.2, 0) is 9.59 Å². The zero-order valence-corrected chi connectivity index (χ0v) is 10.8. The molecule has 0 saturated heterocycles. The van der Waals surface area contributed by atoms with Crippen LogP contribution in [0.1, 0.15) is 5.56 Å². The summed E-state index contributed by atoms with van der Waals surface area (Å²) in [5.74, 6) is -1.18. The van der Waals surface area contributed by atoms with E-state index in [-0.39, 0.29) is 5.75 Å². The van der Waals surface area contributed by atoms with E-state index in [1.165, 1.54) is 30.5 Å². The number of pyridine rings is 1. The molecule has 6 nitrogen and oxygen atoms in total. The number of aromatic hydroxyl groups is 1. The fourth-order valence-corrected chi connectivity index (χ4v) is 1.51. The summed E-state index contributed by atoms with van der Waals surface area (Å²) in [6.45, 7) is 1.78. The van der Waals surface area contributed by atoms with Gasteiger partial charge in [-0.05, 0) is 42.8 Å². The van der Waals surface area contributed by atoms with Gasteiger partial charge in [-0.25, -0.2) is 4.98 Å². The van der Waals surface area contributed by atoms with Crippen molar-refractivity contribution in [1.82, 2.24) is 4.98 Å². The second-order valence-corrected chi connectivity index (χ2v) is 4.12. The molecule has 0 aliphatic rings. The van der Waals surface area contributed by atoms with Crippen LogP contribution in [0.4, 0.5) is 11.5 Å². The quantitative estimate of drug-likeness (QED) is 0.572. The molecule has 2 rings (SSSR count). The first-order valence-corrected chi connectivity index (χ1v) is 5.89. The highest BCUT2D eigenvalue weighted by Crippen LogP contribution is 2.14. The predicted molar refractivity (Wildman–Crippen MR) is 74.3 cm³/mol. The topological polar surface area (TPSA) is 91.3 Å². The number of phenolic OH excluding ortho intramolecular Hbond substituents is 1. The van der Waals surface area contributed by atoms with Crippen LogP contribution in [0.25, 0.3) is 0 Å². The lowest BCUT2D eigenvalue weighted by atomic mass is 10.3. The summed E-state index contributed by atoms with van der Waals surface area (Å²) in [6, 6.07) is 9.33. The van der Waals surface area contributed by atoms with Gasteiger partial charge < -0.3 is 15.7 Å². The molecule has 0 atom stereocenters. The van der Waals surface area contributed by atoms with Crippen molar-refractivity contribution in [3.05, 3.63) is 48.2 Å². The minimum atomic E-state index is -0.806. The number of hydrogen-bond acceptors (Lipinski definition) is 4. The maximum Gasteiger partial charge on any atom is 0.315 e. The average Bonchev–Trinajstić information content (AvgIpc) is 2.44. The Hall–Kier alpha value is -2.89.